The van der Waals surface area contributed by atoms with Crippen molar-refractivity contribution in [1.29, 1.82) is 0 Å². The number of nitrogens with zero attached hydrogens (tertiary/aromatic N) is 1. The number of hydrogen-bond donors (Lipinski definition) is 2. The minimum Gasteiger partial charge on any atom is -0.508 e. The predicted octanol–water partition coefficient (Wildman–Crippen LogP) is 2.73. The van der Waals surface area contributed by atoms with Crippen LogP contribution >= 0.6 is 0 Å². The summed E-state index contributed by atoms with van der Waals surface area (Å²) in [6, 6.07) is 1.08. The summed E-state index contributed by atoms with van der Waals surface area (Å²) in [4.78, 5) is 0.430. The second-order valence-corrected chi connectivity index (χ2v) is 5.02. The topological polar surface area (TPSA) is 43.7 Å². The molecule has 0 heterocycles. The lowest BCUT2D eigenvalue weighted by Gasteiger charge is -2.40. The summed E-state index contributed by atoms with van der Waals surface area (Å²) in [6.45, 7) is -5.73. The molecule has 19 heavy (non-hydrogen) atoms. The van der Waals surface area contributed by atoms with Crippen LogP contribution in [0, 0.1) is 0 Å². The van der Waals surface area contributed by atoms with Crippen molar-refractivity contribution in [3.05, 3.63) is 29.8 Å². The SMILES string of the molecule is [2H]c1cc(C([2H])(C2(O)CCCCC2)C([2H])([2H])N(C)C([2H])([2H])[2H])cc([2H])c1O. The maximum atomic E-state index is 11.3. The van der Waals surface area contributed by atoms with Crippen molar-refractivity contribution in [2.24, 2.45) is 0 Å². The minimum absolute atomic E-state index is 0.0897. The van der Waals surface area contributed by atoms with E-state index in [1.807, 2.05) is 0 Å². The van der Waals surface area contributed by atoms with Crippen molar-refractivity contribution in [2.45, 2.75) is 43.6 Å². The molecular formula is C16H25NO2. The van der Waals surface area contributed by atoms with Gasteiger partial charge in [-0.1, -0.05) is 31.4 Å². The average molecular weight is 271 g/mol. The molecule has 0 aliphatic heterocycles. The predicted molar refractivity (Wildman–Crippen MR) is 77.4 cm³/mol. The van der Waals surface area contributed by atoms with Crippen LogP contribution in [-0.2, 0) is 0 Å². The number of phenols is 1. The van der Waals surface area contributed by atoms with Gasteiger partial charge in [0.25, 0.3) is 0 Å². The summed E-state index contributed by atoms with van der Waals surface area (Å²) in [6.07, 6.45) is 2.08. The molecule has 1 fully saturated rings. The molecule has 3 heteroatoms. The number of rotatable bonds is 4. The summed E-state index contributed by atoms with van der Waals surface area (Å²) in [5, 5.41) is 21.0. The molecule has 1 saturated carbocycles. The molecule has 1 aromatic carbocycles. The Balaban J connectivity index is 2.77. The van der Waals surface area contributed by atoms with E-state index in [0.717, 1.165) is 25.6 Å². The number of likely N-dealkylation sites (N-methyl/N-ethyl adjacent to an activating group) is 1. The number of hydrogen-bond acceptors (Lipinski definition) is 3. The number of aromatic hydroxyl groups is 1. The van der Waals surface area contributed by atoms with Crippen LogP contribution < -0.4 is 0 Å². The molecule has 0 amide bonds. The Kier molecular flexibility index (Phi) is 2.21. The van der Waals surface area contributed by atoms with Gasteiger partial charge >= 0.3 is 0 Å². The molecule has 0 spiro atoms. The Morgan fingerprint density at radius 2 is 2.11 bits per heavy atom. The van der Waals surface area contributed by atoms with Crippen molar-refractivity contribution in [2.75, 3.05) is 20.5 Å². The fourth-order valence-electron chi connectivity index (χ4n) is 2.51. The van der Waals surface area contributed by atoms with Crippen LogP contribution in [0.15, 0.2) is 24.2 Å². The quantitative estimate of drug-likeness (QED) is 0.885. The van der Waals surface area contributed by atoms with E-state index in [2.05, 4.69) is 0 Å². The van der Waals surface area contributed by atoms with Crippen molar-refractivity contribution in [3.8, 4) is 5.75 Å². The van der Waals surface area contributed by atoms with Gasteiger partial charge < -0.3 is 15.1 Å². The van der Waals surface area contributed by atoms with Crippen LogP contribution in [0.25, 0.3) is 0 Å². The van der Waals surface area contributed by atoms with Gasteiger partial charge in [-0.05, 0) is 44.5 Å². The first-order valence-corrected chi connectivity index (χ1v) is 6.45. The highest BCUT2D eigenvalue weighted by molar-refractivity contribution is 5.30. The molecule has 106 valence electrons. The molecule has 2 N–H and O–H groups in total. The molecule has 1 aliphatic rings. The molecule has 2 rings (SSSR count). The van der Waals surface area contributed by atoms with Gasteiger partial charge in [0, 0.05) is 20.6 Å². The maximum Gasteiger partial charge on any atom is 0.115 e. The van der Waals surface area contributed by atoms with E-state index < -0.39 is 42.8 Å². The van der Waals surface area contributed by atoms with Crippen LogP contribution in [-0.4, -0.2) is 41.2 Å². The Labute approximate surface area is 127 Å². The summed E-state index contributed by atoms with van der Waals surface area (Å²) in [7, 11) is 1.02. The fraction of sp³-hybridized carbons (Fsp3) is 0.625. The van der Waals surface area contributed by atoms with E-state index >= 15 is 0 Å². The second kappa shape index (κ2) is 5.93. The van der Waals surface area contributed by atoms with Crippen LogP contribution in [0.2, 0.25) is 0 Å². The van der Waals surface area contributed by atoms with Crippen molar-refractivity contribution >= 4 is 0 Å². The van der Waals surface area contributed by atoms with E-state index in [4.69, 9.17) is 11.0 Å². The zero-order chi connectivity index (χ0) is 20.8. The first-order valence-electron chi connectivity index (χ1n) is 10.5. The third kappa shape index (κ3) is 3.48. The molecule has 3 nitrogen and oxygen atoms in total. The third-order valence-corrected chi connectivity index (χ3v) is 3.44. The largest absolute Gasteiger partial charge is 0.508 e. The van der Waals surface area contributed by atoms with Gasteiger partial charge in [-0.3, -0.25) is 0 Å². The van der Waals surface area contributed by atoms with Crippen molar-refractivity contribution < 1.29 is 21.2 Å². The van der Waals surface area contributed by atoms with Crippen LogP contribution in [0.5, 0.6) is 5.75 Å². The highest BCUT2D eigenvalue weighted by Crippen LogP contribution is 2.40. The standard InChI is InChI=1S/C16H25NO2/c1-17(2)12-15(13-6-8-14(18)9-7-13)16(19)10-4-3-5-11-16/h6-9,15,18-19H,3-5,10-12H2,1-2H3/i1D3,8D,9D,12D2,15D. The Morgan fingerprint density at radius 1 is 1.47 bits per heavy atom. The van der Waals surface area contributed by atoms with Crippen LogP contribution in [0.4, 0.5) is 0 Å². The van der Waals surface area contributed by atoms with Gasteiger partial charge in [0.15, 0.2) is 0 Å². The Hall–Kier alpha value is -1.06. The highest BCUT2D eigenvalue weighted by Gasteiger charge is 2.38. The monoisotopic (exact) mass is 271 g/mol. The van der Waals surface area contributed by atoms with E-state index in [1.165, 1.54) is 0 Å². The second-order valence-electron chi connectivity index (χ2n) is 5.02. The number of aliphatic hydroxyl groups is 1. The van der Waals surface area contributed by atoms with Crippen LogP contribution in [0.1, 0.15) is 54.5 Å². The first-order chi connectivity index (χ1) is 12.2. The Morgan fingerprint density at radius 3 is 2.68 bits per heavy atom. The summed E-state index contributed by atoms with van der Waals surface area (Å²) in [5.74, 6) is -3.12. The van der Waals surface area contributed by atoms with Gasteiger partial charge in [0.2, 0.25) is 0 Å². The molecular weight excluding hydrogens is 238 g/mol. The number of phenolic OH excluding ortho intramolecular Hbond substituents is 1. The fourth-order valence-corrected chi connectivity index (χ4v) is 2.51. The smallest absolute Gasteiger partial charge is 0.115 e. The third-order valence-electron chi connectivity index (χ3n) is 3.44. The van der Waals surface area contributed by atoms with E-state index in [1.54, 1.807) is 0 Å². The lowest BCUT2D eigenvalue weighted by atomic mass is 9.72. The van der Waals surface area contributed by atoms with E-state index in [-0.39, 0.29) is 18.4 Å². The molecule has 1 aromatic rings. The molecule has 1 unspecified atom stereocenters. The van der Waals surface area contributed by atoms with Gasteiger partial charge in [-0.15, -0.1) is 0 Å². The zero-order valence-corrected chi connectivity index (χ0v) is 11.0. The lowest BCUT2D eigenvalue weighted by molar-refractivity contribution is -0.0277. The average Bonchev–Trinajstić information content (AvgIpc) is 2.57. The highest BCUT2D eigenvalue weighted by atomic mass is 16.3. The molecule has 1 atom stereocenters. The van der Waals surface area contributed by atoms with Gasteiger partial charge in [-0.25, -0.2) is 0 Å². The molecule has 0 aromatic heterocycles. The van der Waals surface area contributed by atoms with E-state index in [9.17, 15) is 10.2 Å². The lowest BCUT2D eigenvalue weighted by Crippen LogP contribution is -2.42. The first kappa shape index (κ1) is 7.09. The van der Waals surface area contributed by atoms with Crippen molar-refractivity contribution in [1.82, 2.24) is 4.90 Å². The van der Waals surface area contributed by atoms with Crippen molar-refractivity contribution in [3.63, 3.8) is 0 Å². The number of benzene rings is 1. The van der Waals surface area contributed by atoms with Gasteiger partial charge in [0.1, 0.15) is 5.75 Å². The van der Waals surface area contributed by atoms with E-state index in [0.29, 0.717) is 17.7 Å². The van der Waals surface area contributed by atoms with Gasteiger partial charge in [-0.2, -0.15) is 0 Å². The molecule has 0 radical (unpaired) electrons. The summed E-state index contributed by atoms with van der Waals surface area (Å²) >= 11 is 0. The minimum atomic E-state index is -2.87. The van der Waals surface area contributed by atoms with Gasteiger partial charge in [0.05, 0.1) is 8.34 Å². The maximum absolute atomic E-state index is 11.3. The molecule has 0 saturated heterocycles. The van der Waals surface area contributed by atoms with Crippen LogP contribution in [0.3, 0.4) is 0 Å². The molecule has 1 aliphatic carbocycles. The summed E-state index contributed by atoms with van der Waals surface area (Å²) < 4.78 is 64.5. The summed E-state index contributed by atoms with van der Waals surface area (Å²) in [5.41, 5.74) is -2.11. The normalized spacial score (nSPS) is 29.6. The molecule has 0 bridgehead atoms. The Bertz CT molecular complexity index is 679. The zero-order valence-electron chi connectivity index (χ0n) is 19.0.